The molecule has 52 heavy (non-hydrogen) atoms. The lowest BCUT2D eigenvalue weighted by atomic mass is 10.0. The van der Waals surface area contributed by atoms with E-state index < -0.39 is 38.6 Å². The second-order valence-corrected chi connectivity index (χ2v) is 15.9. The lowest BCUT2D eigenvalue weighted by Crippen LogP contribution is -2.29. The molecular formula is C42H77O9P. The zero-order valence-corrected chi connectivity index (χ0v) is 34.1. The Morgan fingerprint density at radius 1 is 0.615 bits per heavy atom. The highest BCUT2D eigenvalue weighted by Crippen LogP contribution is 2.36. The second kappa shape index (κ2) is 36.2. The molecule has 3 N–H and O–H groups in total. The molecule has 0 fully saturated rings. The van der Waals surface area contributed by atoms with Crippen LogP contribution >= 0.6 is 7.82 Å². The van der Waals surface area contributed by atoms with Crippen LogP contribution < -0.4 is 0 Å². The van der Waals surface area contributed by atoms with Crippen molar-refractivity contribution < 1.29 is 43.0 Å². The molecule has 9 nitrogen and oxygen atoms in total. The van der Waals surface area contributed by atoms with Gasteiger partial charge < -0.3 is 24.4 Å². The van der Waals surface area contributed by atoms with Gasteiger partial charge in [0, 0.05) is 12.8 Å². The van der Waals surface area contributed by atoms with E-state index in [1.807, 2.05) is 18.2 Å². The molecule has 0 amide bonds. The van der Waals surface area contributed by atoms with Crippen LogP contribution in [-0.4, -0.2) is 52.3 Å². The molecule has 2 atom stereocenters. The Hall–Kier alpha value is -1.77. The molecule has 0 aromatic carbocycles. The highest BCUT2D eigenvalue weighted by Gasteiger charge is 2.23. The summed E-state index contributed by atoms with van der Waals surface area (Å²) in [6.07, 6.45) is 37.5. The number of aliphatic hydroxyl groups is 1. The van der Waals surface area contributed by atoms with Gasteiger partial charge in [0.2, 0.25) is 0 Å². The standard InChI is InChI=1S/C42H77O9P/c1-4-5-6-7-17-22-27-32-39(43)33-28-23-20-25-30-35-42(45)51-40(37-50-52(46,47)48)36-49-41(44)34-29-24-19-16-14-12-10-8-9-11-13-15-18-21-26-31-38(2)3/h5-6,17,22,27,32,38-40,43H,4,7-16,18-21,23-26,28-31,33-37H2,1-3H3,(H2,46,47,48)/b6-5+,22-17+,32-27+/t39?,40-/m1/s1. The Balaban J connectivity index is 3.98. The molecule has 0 saturated heterocycles. The lowest BCUT2D eigenvalue weighted by Gasteiger charge is -2.18. The molecule has 0 aromatic heterocycles. The van der Waals surface area contributed by atoms with Crippen molar-refractivity contribution in [3.05, 3.63) is 36.5 Å². The van der Waals surface area contributed by atoms with E-state index in [4.69, 9.17) is 19.3 Å². The van der Waals surface area contributed by atoms with Gasteiger partial charge in [-0.05, 0) is 38.0 Å². The first-order valence-corrected chi connectivity index (χ1v) is 22.3. The van der Waals surface area contributed by atoms with Crippen molar-refractivity contribution in [3.63, 3.8) is 0 Å². The van der Waals surface area contributed by atoms with Crippen molar-refractivity contribution in [2.45, 2.75) is 200 Å². The molecule has 0 aliphatic carbocycles. The van der Waals surface area contributed by atoms with Gasteiger partial charge in [0.15, 0.2) is 6.10 Å². The molecule has 0 spiro atoms. The number of allylic oxidation sites excluding steroid dienone is 5. The number of ether oxygens (including phenoxy) is 2. The Labute approximate surface area is 317 Å². The van der Waals surface area contributed by atoms with Crippen LogP contribution in [0.4, 0.5) is 0 Å². The number of carbonyl (C=O) groups excluding carboxylic acids is 2. The molecule has 0 aromatic rings. The van der Waals surface area contributed by atoms with Crippen LogP contribution in [0, 0.1) is 5.92 Å². The fourth-order valence-corrected chi connectivity index (χ4v) is 6.22. The van der Waals surface area contributed by atoms with Gasteiger partial charge in [0.05, 0.1) is 12.7 Å². The van der Waals surface area contributed by atoms with Crippen molar-refractivity contribution in [2.75, 3.05) is 13.2 Å². The molecule has 0 bridgehead atoms. The monoisotopic (exact) mass is 757 g/mol. The molecule has 0 heterocycles. The van der Waals surface area contributed by atoms with Gasteiger partial charge in [-0.15, -0.1) is 0 Å². The predicted octanol–water partition coefficient (Wildman–Crippen LogP) is 11.4. The van der Waals surface area contributed by atoms with Crippen LogP contribution in [0.5, 0.6) is 0 Å². The summed E-state index contributed by atoms with van der Waals surface area (Å²) in [5, 5.41) is 10.1. The summed E-state index contributed by atoms with van der Waals surface area (Å²) in [7, 11) is -4.78. The van der Waals surface area contributed by atoms with Gasteiger partial charge in [-0.3, -0.25) is 14.1 Å². The smallest absolute Gasteiger partial charge is 0.462 e. The first-order valence-electron chi connectivity index (χ1n) is 20.7. The van der Waals surface area contributed by atoms with E-state index in [0.717, 1.165) is 57.3 Å². The molecule has 0 aliphatic heterocycles. The van der Waals surface area contributed by atoms with Gasteiger partial charge in [-0.1, -0.05) is 179 Å². The second-order valence-electron chi connectivity index (χ2n) is 14.6. The number of rotatable bonds is 37. The summed E-state index contributed by atoms with van der Waals surface area (Å²) in [5.74, 6) is -0.125. The third-order valence-corrected chi connectivity index (χ3v) is 9.44. The van der Waals surface area contributed by atoms with E-state index in [1.165, 1.54) is 83.5 Å². The normalized spacial score (nSPS) is 13.5. The summed E-state index contributed by atoms with van der Waals surface area (Å²) >= 11 is 0. The van der Waals surface area contributed by atoms with Crippen molar-refractivity contribution in [2.24, 2.45) is 5.92 Å². The van der Waals surface area contributed by atoms with Crippen LogP contribution in [0.3, 0.4) is 0 Å². The third-order valence-electron chi connectivity index (χ3n) is 8.96. The molecule has 0 rings (SSSR count). The summed E-state index contributed by atoms with van der Waals surface area (Å²) < 4.78 is 26.3. The number of carbonyl (C=O) groups is 2. The third kappa shape index (κ3) is 39.4. The van der Waals surface area contributed by atoms with Crippen LogP contribution in [0.2, 0.25) is 0 Å². The average molecular weight is 757 g/mol. The highest BCUT2D eigenvalue weighted by atomic mass is 31.2. The largest absolute Gasteiger partial charge is 0.469 e. The van der Waals surface area contributed by atoms with Crippen molar-refractivity contribution in [1.29, 1.82) is 0 Å². The molecule has 304 valence electrons. The van der Waals surface area contributed by atoms with Crippen molar-refractivity contribution in [3.8, 4) is 0 Å². The molecule has 0 radical (unpaired) electrons. The first kappa shape index (κ1) is 50.2. The topological polar surface area (TPSA) is 140 Å². The maximum atomic E-state index is 12.4. The zero-order valence-electron chi connectivity index (χ0n) is 33.2. The van der Waals surface area contributed by atoms with Gasteiger partial charge in [0.25, 0.3) is 0 Å². The fraction of sp³-hybridized carbons (Fsp3) is 0.810. The quantitative estimate of drug-likeness (QED) is 0.0186. The minimum Gasteiger partial charge on any atom is -0.462 e. The van der Waals surface area contributed by atoms with E-state index in [2.05, 4.69) is 37.4 Å². The van der Waals surface area contributed by atoms with Gasteiger partial charge in [-0.2, -0.15) is 0 Å². The van der Waals surface area contributed by atoms with E-state index in [9.17, 15) is 19.3 Å². The Kier molecular flexibility index (Phi) is 35.0. The number of hydrogen-bond acceptors (Lipinski definition) is 7. The SMILES string of the molecule is CC/C=C/C/C=C/C=C/C(O)CCCCCCCC(=O)O[C@H](COC(=O)CCCCCCCCCCCCCCCCCC(C)C)COP(=O)(O)O. The Morgan fingerprint density at radius 3 is 1.60 bits per heavy atom. The number of hydrogen-bond donors (Lipinski definition) is 3. The molecular weight excluding hydrogens is 679 g/mol. The summed E-state index contributed by atoms with van der Waals surface area (Å²) in [5.41, 5.74) is 0. The Morgan fingerprint density at radius 2 is 1.10 bits per heavy atom. The van der Waals surface area contributed by atoms with Crippen LogP contribution in [0.1, 0.15) is 188 Å². The van der Waals surface area contributed by atoms with Gasteiger partial charge in [-0.25, -0.2) is 4.57 Å². The molecule has 0 aliphatic rings. The van der Waals surface area contributed by atoms with Crippen molar-refractivity contribution >= 4 is 19.8 Å². The molecule has 0 saturated carbocycles. The van der Waals surface area contributed by atoms with E-state index in [0.29, 0.717) is 19.3 Å². The van der Waals surface area contributed by atoms with Gasteiger partial charge in [0.1, 0.15) is 6.61 Å². The van der Waals surface area contributed by atoms with E-state index in [-0.39, 0.29) is 19.4 Å². The van der Waals surface area contributed by atoms with E-state index >= 15 is 0 Å². The predicted molar refractivity (Wildman–Crippen MR) is 213 cm³/mol. The number of unbranched alkanes of at least 4 members (excludes halogenated alkanes) is 18. The summed E-state index contributed by atoms with van der Waals surface area (Å²) in [6, 6.07) is 0. The molecule has 10 heteroatoms. The first-order chi connectivity index (χ1) is 25.0. The van der Waals surface area contributed by atoms with Crippen molar-refractivity contribution in [1.82, 2.24) is 0 Å². The van der Waals surface area contributed by atoms with E-state index in [1.54, 1.807) is 6.08 Å². The number of esters is 2. The lowest BCUT2D eigenvalue weighted by molar-refractivity contribution is -0.161. The zero-order chi connectivity index (χ0) is 38.5. The number of phosphoric ester groups is 1. The summed E-state index contributed by atoms with van der Waals surface area (Å²) in [6.45, 7) is 5.82. The average Bonchev–Trinajstić information content (AvgIpc) is 3.09. The minimum absolute atomic E-state index is 0.143. The molecule has 1 unspecified atom stereocenters. The number of phosphoric acid groups is 1. The maximum Gasteiger partial charge on any atom is 0.469 e. The highest BCUT2D eigenvalue weighted by molar-refractivity contribution is 7.46. The maximum absolute atomic E-state index is 12.4. The fourth-order valence-electron chi connectivity index (χ4n) is 5.86. The summed E-state index contributed by atoms with van der Waals surface area (Å²) in [4.78, 5) is 42.8. The number of aliphatic hydroxyl groups excluding tert-OH is 1. The van der Waals surface area contributed by atoms with Crippen LogP contribution in [-0.2, 0) is 28.2 Å². The Bertz CT molecular complexity index is 973. The minimum atomic E-state index is -4.78. The van der Waals surface area contributed by atoms with Gasteiger partial charge >= 0.3 is 19.8 Å². The van der Waals surface area contributed by atoms with Crippen LogP contribution in [0.15, 0.2) is 36.5 Å². The van der Waals surface area contributed by atoms with Crippen LogP contribution in [0.25, 0.3) is 0 Å².